The number of halogens is 1. The Labute approximate surface area is 245 Å². The second-order valence-corrected chi connectivity index (χ2v) is 12.1. The van der Waals surface area contributed by atoms with Gasteiger partial charge >= 0.3 is 6.03 Å². The molecule has 222 valence electrons. The molecule has 0 atom stereocenters. The van der Waals surface area contributed by atoms with E-state index in [2.05, 4.69) is 11.9 Å². The number of anilines is 1. The first-order chi connectivity index (χ1) is 20.3. The number of carbonyl (C=O) groups is 1. The van der Waals surface area contributed by atoms with Gasteiger partial charge < -0.3 is 14.4 Å². The molecule has 1 aliphatic heterocycles. The molecule has 0 aliphatic carbocycles. The summed E-state index contributed by atoms with van der Waals surface area (Å²) >= 11 is 0. The number of amides is 2. The molecule has 2 amide bonds. The van der Waals surface area contributed by atoms with Gasteiger partial charge in [0.1, 0.15) is 0 Å². The highest BCUT2D eigenvalue weighted by molar-refractivity contribution is 7.90. The highest BCUT2D eigenvalue weighted by atomic mass is 32.2. The minimum absolute atomic E-state index is 0.00277. The van der Waals surface area contributed by atoms with Gasteiger partial charge in [-0.25, -0.2) is 26.6 Å². The fourth-order valence-corrected chi connectivity index (χ4v) is 6.44. The number of fused-ring (bicyclic) bond motifs is 1. The van der Waals surface area contributed by atoms with Crippen LogP contribution in [-0.4, -0.2) is 55.1 Å². The molecule has 3 heterocycles. The second kappa shape index (κ2) is 12.4. The van der Waals surface area contributed by atoms with Crippen LogP contribution in [0.25, 0.3) is 11.0 Å². The summed E-state index contributed by atoms with van der Waals surface area (Å²) in [6.07, 6.45) is 6.41. The number of hydrogen-bond acceptors (Lipinski definition) is 6. The van der Waals surface area contributed by atoms with E-state index in [9.17, 15) is 13.2 Å². The van der Waals surface area contributed by atoms with Crippen molar-refractivity contribution in [3.63, 3.8) is 0 Å². The Morgan fingerprint density at radius 3 is 2.55 bits per heavy atom. The Bertz CT molecular complexity index is 1690. The summed E-state index contributed by atoms with van der Waals surface area (Å²) in [6, 6.07) is 12.9. The van der Waals surface area contributed by atoms with Crippen LogP contribution in [0.3, 0.4) is 0 Å². The highest BCUT2D eigenvalue weighted by Crippen LogP contribution is 2.38. The zero-order valence-corrected chi connectivity index (χ0v) is 24.9. The third-order valence-electron chi connectivity index (χ3n) is 7.44. The van der Waals surface area contributed by atoms with Crippen molar-refractivity contribution < 1.29 is 27.1 Å². The third-order valence-corrected chi connectivity index (χ3v) is 9.12. The lowest BCUT2D eigenvalue weighted by Gasteiger charge is -2.36. The number of ether oxygens (including phenoxy) is 2. The van der Waals surface area contributed by atoms with Gasteiger partial charge in [0, 0.05) is 37.4 Å². The van der Waals surface area contributed by atoms with Crippen molar-refractivity contribution in [3.05, 3.63) is 77.9 Å². The predicted octanol–water partition coefficient (Wildman–Crippen LogP) is 6.13. The Balaban J connectivity index is 1.40. The Hall–Kier alpha value is -4.12. The van der Waals surface area contributed by atoms with Gasteiger partial charge in [0.05, 0.1) is 24.3 Å². The maximum Gasteiger partial charge on any atom is 0.324 e. The van der Waals surface area contributed by atoms with Crippen LogP contribution in [0.5, 0.6) is 11.5 Å². The fraction of sp³-hybridized carbons (Fsp3) is 0.355. The molecule has 2 aromatic carbocycles. The Morgan fingerprint density at radius 2 is 1.81 bits per heavy atom. The maximum absolute atomic E-state index is 15.7. The van der Waals surface area contributed by atoms with Crippen molar-refractivity contribution in [2.45, 2.75) is 51.0 Å². The fourth-order valence-electron chi connectivity index (χ4n) is 5.14. The largest absolute Gasteiger partial charge is 0.493 e. The normalized spacial score (nSPS) is 14.0. The van der Waals surface area contributed by atoms with Crippen molar-refractivity contribution in [2.24, 2.45) is 0 Å². The van der Waals surface area contributed by atoms with Crippen LogP contribution in [0.4, 0.5) is 14.9 Å². The number of unbranched alkanes of at least 4 members (excludes halogenated alkanes) is 2. The van der Waals surface area contributed by atoms with Crippen molar-refractivity contribution in [1.29, 1.82) is 0 Å². The van der Waals surface area contributed by atoms with E-state index in [4.69, 9.17) is 9.47 Å². The Kier molecular flexibility index (Phi) is 8.67. The molecular weight excluding hydrogens is 559 g/mol. The average Bonchev–Trinajstić information content (AvgIpc) is 3.44. The van der Waals surface area contributed by atoms with E-state index in [1.807, 2.05) is 6.92 Å². The SMILES string of the molecule is CCCCCOc1c(OC)ccc(N2CCCN(Cc3ccnc4c3ccn4S(=O)(=O)c3ccc(C)cc3)C2=O)c1F. The van der Waals surface area contributed by atoms with Crippen LogP contribution in [0.1, 0.15) is 43.7 Å². The first-order valence-electron chi connectivity index (χ1n) is 14.1. The zero-order chi connectivity index (χ0) is 29.9. The minimum Gasteiger partial charge on any atom is -0.493 e. The third kappa shape index (κ3) is 5.65. The monoisotopic (exact) mass is 594 g/mol. The number of carbonyl (C=O) groups excluding carboxylic acids is 1. The first kappa shape index (κ1) is 29.4. The molecule has 1 aliphatic rings. The molecule has 4 aromatic rings. The number of urea groups is 1. The first-order valence-corrected chi connectivity index (χ1v) is 15.5. The van der Waals surface area contributed by atoms with Gasteiger partial charge in [-0.15, -0.1) is 0 Å². The zero-order valence-electron chi connectivity index (χ0n) is 24.0. The van der Waals surface area contributed by atoms with E-state index in [1.54, 1.807) is 47.4 Å². The van der Waals surface area contributed by atoms with E-state index >= 15 is 4.39 Å². The molecule has 42 heavy (non-hydrogen) atoms. The smallest absolute Gasteiger partial charge is 0.324 e. The van der Waals surface area contributed by atoms with Crippen LogP contribution >= 0.6 is 0 Å². The van der Waals surface area contributed by atoms with Gasteiger partial charge in [-0.3, -0.25) is 4.90 Å². The van der Waals surface area contributed by atoms with Crippen molar-refractivity contribution >= 4 is 32.8 Å². The van der Waals surface area contributed by atoms with E-state index in [0.29, 0.717) is 31.5 Å². The molecule has 0 unspecified atom stereocenters. The summed E-state index contributed by atoms with van der Waals surface area (Å²) in [7, 11) is -2.41. The summed E-state index contributed by atoms with van der Waals surface area (Å²) in [6.45, 7) is 5.35. The lowest BCUT2D eigenvalue weighted by molar-refractivity contribution is 0.192. The van der Waals surface area contributed by atoms with E-state index in [0.717, 1.165) is 34.4 Å². The van der Waals surface area contributed by atoms with E-state index in [-0.39, 0.29) is 40.3 Å². The molecule has 0 bridgehead atoms. The Morgan fingerprint density at radius 1 is 1.02 bits per heavy atom. The number of rotatable bonds is 11. The lowest BCUT2D eigenvalue weighted by Crippen LogP contribution is -2.49. The topological polar surface area (TPSA) is 94.0 Å². The van der Waals surface area contributed by atoms with Gasteiger partial charge in [-0.1, -0.05) is 37.5 Å². The molecule has 0 N–H and O–H groups in total. The molecule has 0 spiro atoms. The maximum atomic E-state index is 15.7. The predicted molar refractivity (Wildman–Crippen MR) is 159 cm³/mol. The number of pyridine rings is 1. The summed E-state index contributed by atoms with van der Waals surface area (Å²) in [5.41, 5.74) is 2.10. The summed E-state index contributed by atoms with van der Waals surface area (Å²) < 4.78 is 54.7. The summed E-state index contributed by atoms with van der Waals surface area (Å²) in [4.78, 5) is 21.2. The second-order valence-electron chi connectivity index (χ2n) is 10.3. The van der Waals surface area contributed by atoms with Gasteiger partial charge in [-0.2, -0.15) is 0 Å². The molecule has 0 saturated carbocycles. The van der Waals surface area contributed by atoms with Gasteiger partial charge in [0.15, 0.2) is 23.0 Å². The van der Waals surface area contributed by atoms with Crippen LogP contribution < -0.4 is 14.4 Å². The van der Waals surface area contributed by atoms with Crippen LogP contribution in [-0.2, 0) is 16.6 Å². The molecule has 9 nitrogen and oxygen atoms in total. The van der Waals surface area contributed by atoms with Gasteiger partial charge in [0.2, 0.25) is 0 Å². The van der Waals surface area contributed by atoms with Crippen LogP contribution in [0, 0.1) is 12.7 Å². The summed E-state index contributed by atoms with van der Waals surface area (Å²) in [5.74, 6) is -0.355. The molecular formula is C31H35FN4O5S. The lowest BCUT2D eigenvalue weighted by atomic mass is 10.1. The van der Waals surface area contributed by atoms with Gasteiger partial charge in [-0.05, 0) is 61.7 Å². The minimum atomic E-state index is -3.87. The van der Waals surface area contributed by atoms with Crippen molar-refractivity contribution in [1.82, 2.24) is 13.9 Å². The summed E-state index contributed by atoms with van der Waals surface area (Å²) in [5, 5.41) is 0.622. The van der Waals surface area contributed by atoms with E-state index < -0.39 is 15.8 Å². The van der Waals surface area contributed by atoms with Crippen molar-refractivity contribution in [3.8, 4) is 11.5 Å². The molecule has 1 fully saturated rings. The van der Waals surface area contributed by atoms with Crippen LogP contribution in [0.2, 0.25) is 0 Å². The number of hydrogen-bond donors (Lipinski definition) is 0. The van der Waals surface area contributed by atoms with Gasteiger partial charge in [0.25, 0.3) is 10.0 Å². The molecule has 5 rings (SSSR count). The number of nitrogens with zero attached hydrogens (tertiary/aromatic N) is 4. The average molecular weight is 595 g/mol. The van der Waals surface area contributed by atoms with Crippen LogP contribution in [0.15, 0.2) is 65.8 Å². The van der Waals surface area contributed by atoms with E-state index in [1.165, 1.54) is 30.5 Å². The number of aromatic nitrogens is 2. The number of methoxy groups -OCH3 is 1. The molecule has 2 aromatic heterocycles. The highest BCUT2D eigenvalue weighted by Gasteiger charge is 2.31. The molecule has 0 radical (unpaired) electrons. The molecule has 1 saturated heterocycles. The number of benzene rings is 2. The van der Waals surface area contributed by atoms with Crippen molar-refractivity contribution in [2.75, 3.05) is 31.7 Å². The quantitative estimate of drug-likeness (QED) is 0.194. The molecule has 11 heteroatoms. The number of aryl methyl sites for hydroxylation is 1. The standard InChI is InChI=1S/C31H35FN4O5S/c1-4-5-6-20-41-29-27(40-3)13-12-26(28(29)32)35-18-7-17-34(31(35)37)21-23-14-16-33-30-25(23)15-19-36(30)42(38,39)24-10-8-22(2)9-11-24/h8-16,19H,4-7,17-18,20-21H2,1-3H3.